The first-order valence-corrected chi connectivity index (χ1v) is 15.2. The maximum Gasteiger partial charge on any atom is 0.255 e. The number of benzene rings is 3. The summed E-state index contributed by atoms with van der Waals surface area (Å²) in [5.41, 5.74) is -0.730. The lowest BCUT2D eigenvalue weighted by Gasteiger charge is -2.40. The number of aliphatic hydroxyl groups is 1. The van der Waals surface area contributed by atoms with E-state index in [-0.39, 0.29) is 59.1 Å². The smallest absolute Gasteiger partial charge is 0.255 e. The number of methoxy groups -OCH3 is 1. The molecule has 2 aliphatic rings. The molecule has 42 heavy (non-hydrogen) atoms. The second-order valence-corrected chi connectivity index (χ2v) is 13.4. The van der Waals surface area contributed by atoms with Gasteiger partial charge in [0.15, 0.2) is 27.3 Å². The number of hydrogen-bond acceptors (Lipinski definition) is 6. The minimum Gasteiger partial charge on any atom is -0.497 e. The first-order chi connectivity index (χ1) is 19.9. The fourth-order valence-corrected chi connectivity index (χ4v) is 9.03. The second-order valence-electron chi connectivity index (χ2n) is 10.9. The number of ether oxygens (including phenoxy) is 2. The van der Waals surface area contributed by atoms with E-state index in [4.69, 9.17) is 21.1 Å². The minimum absolute atomic E-state index is 0.0553. The number of rotatable bonds is 9. The van der Waals surface area contributed by atoms with Gasteiger partial charge in [0.1, 0.15) is 5.75 Å². The number of nitrogens with one attached hydrogen (secondary N) is 1. The summed E-state index contributed by atoms with van der Waals surface area (Å²) in [6, 6.07) is 12.3. The van der Waals surface area contributed by atoms with Crippen LogP contribution in [0.25, 0.3) is 0 Å². The molecule has 3 aromatic rings. The third kappa shape index (κ3) is 6.15. The average Bonchev–Trinajstić information content (AvgIpc) is 3.25. The van der Waals surface area contributed by atoms with Crippen LogP contribution in [0.15, 0.2) is 59.5 Å². The van der Waals surface area contributed by atoms with Crippen LogP contribution >= 0.6 is 11.6 Å². The van der Waals surface area contributed by atoms with Crippen LogP contribution in [0.4, 0.5) is 18.9 Å². The van der Waals surface area contributed by atoms with Crippen molar-refractivity contribution in [2.75, 3.05) is 19.0 Å². The Balaban J connectivity index is 1.29. The Kier molecular flexibility index (Phi) is 8.58. The topological polar surface area (TPSA) is 102 Å². The highest BCUT2D eigenvalue weighted by Crippen LogP contribution is 2.51. The molecule has 2 fully saturated rings. The summed E-state index contributed by atoms with van der Waals surface area (Å²) in [6.07, 6.45) is 1.68. The zero-order valence-electron chi connectivity index (χ0n) is 22.6. The zero-order chi connectivity index (χ0) is 30.2. The van der Waals surface area contributed by atoms with Gasteiger partial charge < -0.3 is 19.9 Å². The van der Waals surface area contributed by atoms with Crippen molar-refractivity contribution in [2.24, 2.45) is 11.8 Å². The molecule has 0 aliphatic heterocycles. The Morgan fingerprint density at radius 3 is 2.24 bits per heavy atom. The largest absolute Gasteiger partial charge is 0.497 e. The van der Waals surface area contributed by atoms with E-state index in [0.717, 1.165) is 17.4 Å². The van der Waals surface area contributed by atoms with Gasteiger partial charge in [0.05, 0.1) is 41.1 Å². The molecule has 1 amide bonds. The molecule has 4 atom stereocenters. The quantitative estimate of drug-likeness (QED) is 0.287. The number of fused-ring (bicyclic) bond motifs is 2. The van der Waals surface area contributed by atoms with Crippen LogP contribution in [0.3, 0.4) is 0 Å². The predicted octanol–water partition coefficient (Wildman–Crippen LogP) is 5.93. The molecule has 12 heteroatoms. The van der Waals surface area contributed by atoms with Gasteiger partial charge in [0.25, 0.3) is 5.91 Å². The van der Waals surface area contributed by atoms with Crippen LogP contribution < -0.4 is 10.1 Å². The van der Waals surface area contributed by atoms with Gasteiger partial charge in [-0.15, -0.1) is 0 Å². The third-order valence-electron chi connectivity index (χ3n) is 8.02. The lowest BCUT2D eigenvalue weighted by atomic mass is 9.77. The van der Waals surface area contributed by atoms with Gasteiger partial charge in [-0.25, -0.2) is 21.6 Å². The first-order valence-electron chi connectivity index (χ1n) is 13.3. The zero-order valence-corrected chi connectivity index (χ0v) is 24.2. The molecule has 224 valence electrons. The van der Waals surface area contributed by atoms with E-state index in [0.29, 0.717) is 25.0 Å². The Morgan fingerprint density at radius 2 is 1.64 bits per heavy atom. The molecule has 2 unspecified atom stereocenters. The number of carbonyl (C=O) groups is 1. The van der Waals surface area contributed by atoms with E-state index in [1.54, 1.807) is 7.11 Å². The van der Waals surface area contributed by atoms with Crippen molar-refractivity contribution < 1.29 is 41.0 Å². The molecule has 7 nitrogen and oxygen atoms in total. The summed E-state index contributed by atoms with van der Waals surface area (Å²) in [6.45, 7) is 0.338. The molecule has 3 aromatic carbocycles. The number of sulfone groups is 1. The summed E-state index contributed by atoms with van der Waals surface area (Å²) in [5.74, 6) is -5.47. The Hall–Kier alpha value is -3.12. The van der Waals surface area contributed by atoms with Crippen LogP contribution in [0.2, 0.25) is 5.02 Å². The summed E-state index contributed by atoms with van der Waals surface area (Å²) in [4.78, 5) is 12.6. The number of carbonyl (C=O) groups excluding carboxylic acids is 1. The fourth-order valence-electron chi connectivity index (χ4n) is 6.18. The van der Waals surface area contributed by atoms with E-state index in [2.05, 4.69) is 5.32 Å². The van der Waals surface area contributed by atoms with Crippen LogP contribution in [-0.4, -0.2) is 44.0 Å². The predicted molar refractivity (Wildman–Crippen MR) is 150 cm³/mol. The van der Waals surface area contributed by atoms with Gasteiger partial charge in [-0.3, -0.25) is 4.79 Å². The maximum atomic E-state index is 13.9. The van der Waals surface area contributed by atoms with Crippen LogP contribution in [0.5, 0.6) is 5.75 Å². The summed E-state index contributed by atoms with van der Waals surface area (Å²) in [7, 11) is -2.46. The Bertz CT molecular complexity index is 1560. The lowest BCUT2D eigenvalue weighted by molar-refractivity contribution is -0.0866. The number of halogens is 4. The SMILES string of the molecule is COc1ccc(COC[C@]2(O)CC3CC[C@@H](C2)C3S(=O)(=O)c2cc(C(=O)Nc3cc(F)c(F)c(F)c3)ccc2Cl)cc1. The average molecular weight is 624 g/mol. The summed E-state index contributed by atoms with van der Waals surface area (Å²) >= 11 is 6.31. The van der Waals surface area contributed by atoms with Gasteiger partial charge in [0.2, 0.25) is 0 Å². The molecule has 2 saturated carbocycles. The van der Waals surface area contributed by atoms with Crippen molar-refractivity contribution in [1.82, 2.24) is 0 Å². The molecule has 2 N–H and O–H groups in total. The van der Waals surface area contributed by atoms with Gasteiger partial charge in [-0.05, 0) is 73.4 Å². The monoisotopic (exact) mass is 623 g/mol. The number of amides is 1. The van der Waals surface area contributed by atoms with E-state index in [9.17, 15) is 31.5 Å². The fraction of sp³-hybridized carbons (Fsp3) is 0.367. The molecule has 0 aromatic heterocycles. The molecule has 5 rings (SSSR count). The van der Waals surface area contributed by atoms with Crippen molar-refractivity contribution in [2.45, 2.75) is 48.0 Å². The standard InChI is InChI=1S/C30H29ClF3NO6S/c1-40-22-7-2-17(3-8-22)15-41-16-30(37)13-19-4-5-20(14-30)28(19)42(38,39)26-10-18(6-9-23(26)31)29(36)35-21-11-24(32)27(34)25(33)12-21/h2-3,6-12,19-20,28,37H,4-5,13-16H2,1H3,(H,35,36)/t19-,20?,28?,30+/m0/s1. The number of anilines is 1. The van der Waals surface area contributed by atoms with Crippen molar-refractivity contribution in [3.8, 4) is 5.75 Å². The summed E-state index contributed by atoms with van der Waals surface area (Å²) in [5, 5.41) is 12.7. The molecule has 2 aliphatic carbocycles. The minimum atomic E-state index is -4.04. The van der Waals surface area contributed by atoms with Gasteiger partial charge in [-0.2, -0.15) is 0 Å². The number of hydrogen-bond donors (Lipinski definition) is 2. The third-order valence-corrected chi connectivity index (χ3v) is 10.9. The second kappa shape index (κ2) is 11.9. The molecule has 2 bridgehead atoms. The molecule has 0 saturated heterocycles. The molecule has 0 spiro atoms. The first kappa shape index (κ1) is 30.3. The van der Waals surface area contributed by atoms with Gasteiger partial charge in [0, 0.05) is 23.4 Å². The molecule has 0 heterocycles. The van der Waals surface area contributed by atoms with Crippen molar-refractivity contribution in [1.29, 1.82) is 0 Å². The van der Waals surface area contributed by atoms with Crippen molar-refractivity contribution >= 4 is 33.0 Å². The molecular weight excluding hydrogens is 595 g/mol. The van der Waals surface area contributed by atoms with Crippen molar-refractivity contribution in [3.05, 3.63) is 88.2 Å². The van der Waals surface area contributed by atoms with Gasteiger partial charge in [-0.1, -0.05) is 23.7 Å². The van der Waals surface area contributed by atoms with E-state index >= 15 is 0 Å². The van der Waals surface area contributed by atoms with Crippen LogP contribution in [0, 0.1) is 29.3 Å². The van der Waals surface area contributed by atoms with Crippen molar-refractivity contribution in [3.63, 3.8) is 0 Å². The van der Waals surface area contributed by atoms with Crippen LogP contribution in [0.1, 0.15) is 41.6 Å². The lowest BCUT2D eigenvalue weighted by Crippen LogP contribution is -2.48. The highest BCUT2D eigenvalue weighted by molar-refractivity contribution is 7.92. The Morgan fingerprint density at radius 1 is 1.02 bits per heavy atom. The van der Waals surface area contributed by atoms with Crippen LogP contribution in [-0.2, 0) is 21.2 Å². The Labute approximate surface area is 246 Å². The summed E-state index contributed by atoms with van der Waals surface area (Å²) < 4.78 is 79.2. The van der Waals surface area contributed by atoms with Gasteiger partial charge >= 0.3 is 0 Å². The maximum absolute atomic E-state index is 13.9. The highest BCUT2D eigenvalue weighted by atomic mass is 35.5. The molecule has 0 radical (unpaired) electrons. The normalized spacial score (nSPS) is 23.5. The van der Waals surface area contributed by atoms with E-state index in [1.807, 2.05) is 24.3 Å². The highest BCUT2D eigenvalue weighted by Gasteiger charge is 2.54. The van der Waals surface area contributed by atoms with E-state index in [1.165, 1.54) is 12.1 Å². The van der Waals surface area contributed by atoms with E-state index < -0.39 is 44.0 Å². The molecular formula is C30H29ClF3NO6S.